The minimum atomic E-state index is -0.413. The Morgan fingerprint density at radius 3 is 2.94 bits per heavy atom. The predicted octanol–water partition coefficient (Wildman–Crippen LogP) is 2.20. The summed E-state index contributed by atoms with van der Waals surface area (Å²) in [7, 11) is 0. The fourth-order valence-electron chi connectivity index (χ4n) is 1.49. The van der Waals surface area contributed by atoms with Crippen molar-refractivity contribution in [1.82, 2.24) is 15.0 Å². The van der Waals surface area contributed by atoms with E-state index in [0.717, 1.165) is 0 Å². The summed E-state index contributed by atoms with van der Waals surface area (Å²) in [4.78, 5) is 0. The van der Waals surface area contributed by atoms with Crippen molar-refractivity contribution in [3.05, 3.63) is 34.7 Å². The molecule has 0 radical (unpaired) electrons. The molecule has 0 unspecified atom stereocenters. The zero-order valence-electron chi connectivity index (χ0n) is 8.61. The Bertz CT molecular complexity index is 524. The molecule has 0 aliphatic heterocycles. The van der Waals surface area contributed by atoms with Gasteiger partial charge in [-0.2, -0.15) is 0 Å². The van der Waals surface area contributed by atoms with Crippen LogP contribution in [0, 0.1) is 5.82 Å². The number of nitrogen functional groups attached to an aromatic ring is 1. The Hall–Kier alpha value is -1.62. The van der Waals surface area contributed by atoms with Crippen LogP contribution in [-0.2, 0) is 6.42 Å². The molecule has 2 rings (SSSR count). The van der Waals surface area contributed by atoms with Crippen molar-refractivity contribution < 1.29 is 4.39 Å². The molecule has 2 N–H and O–H groups in total. The number of benzene rings is 1. The molecule has 0 bridgehead atoms. The standard InChI is InChI=1S/C10H10ClFN4/c1-2-8-10(13)14-15-16(8)9-5-6(11)3-4-7(9)12/h3-5H,2,13H2,1H3. The molecule has 1 aromatic heterocycles. The zero-order valence-corrected chi connectivity index (χ0v) is 9.37. The molecule has 0 spiro atoms. The van der Waals surface area contributed by atoms with Gasteiger partial charge < -0.3 is 5.73 Å². The summed E-state index contributed by atoms with van der Waals surface area (Å²) in [5, 5.41) is 7.95. The quantitative estimate of drug-likeness (QED) is 0.876. The lowest BCUT2D eigenvalue weighted by Crippen LogP contribution is -2.05. The monoisotopic (exact) mass is 240 g/mol. The summed E-state index contributed by atoms with van der Waals surface area (Å²) in [5.41, 5.74) is 6.55. The summed E-state index contributed by atoms with van der Waals surface area (Å²) < 4.78 is 15.0. The van der Waals surface area contributed by atoms with E-state index in [4.69, 9.17) is 17.3 Å². The molecule has 0 aliphatic carbocycles. The van der Waals surface area contributed by atoms with Gasteiger partial charge in [0.05, 0.1) is 5.69 Å². The number of rotatable bonds is 2. The maximum atomic E-state index is 13.6. The summed E-state index contributed by atoms with van der Waals surface area (Å²) in [6.07, 6.45) is 0.616. The lowest BCUT2D eigenvalue weighted by Gasteiger charge is -2.06. The first-order valence-corrected chi connectivity index (χ1v) is 5.16. The normalized spacial score (nSPS) is 10.7. The molecular formula is C10H10ClFN4. The number of hydrogen-bond acceptors (Lipinski definition) is 3. The average molecular weight is 241 g/mol. The van der Waals surface area contributed by atoms with Crippen molar-refractivity contribution >= 4 is 17.4 Å². The van der Waals surface area contributed by atoms with Gasteiger partial charge in [0, 0.05) is 5.02 Å². The maximum Gasteiger partial charge on any atom is 0.169 e. The van der Waals surface area contributed by atoms with Crippen LogP contribution in [0.2, 0.25) is 5.02 Å². The second kappa shape index (κ2) is 4.09. The topological polar surface area (TPSA) is 56.7 Å². The Labute approximate surface area is 96.8 Å². The molecule has 0 saturated heterocycles. The molecule has 1 heterocycles. The maximum absolute atomic E-state index is 13.6. The van der Waals surface area contributed by atoms with Gasteiger partial charge in [0.2, 0.25) is 0 Å². The molecule has 0 atom stereocenters. The molecule has 2 aromatic rings. The van der Waals surface area contributed by atoms with Crippen LogP contribution in [-0.4, -0.2) is 15.0 Å². The smallest absolute Gasteiger partial charge is 0.169 e. The average Bonchev–Trinajstić information content (AvgIpc) is 2.63. The van der Waals surface area contributed by atoms with E-state index < -0.39 is 5.82 Å². The molecule has 4 nitrogen and oxygen atoms in total. The van der Waals surface area contributed by atoms with E-state index in [1.807, 2.05) is 6.92 Å². The van der Waals surface area contributed by atoms with E-state index in [0.29, 0.717) is 23.0 Å². The third-order valence-electron chi connectivity index (χ3n) is 2.26. The van der Waals surface area contributed by atoms with Gasteiger partial charge in [0.15, 0.2) is 5.82 Å². The van der Waals surface area contributed by atoms with Crippen LogP contribution in [0.4, 0.5) is 10.2 Å². The summed E-state index contributed by atoms with van der Waals surface area (Å²) in [6.45, 7) is 1.90. The first kappa shape index (κ1) is 10.9. The van der Waals surface area contributed by atoms with Crippen molar-refractivity contribution in [1.29, 1.82) is 0 Å². The summed E-state index contributed by atoms with van der Waals surface area (Å²) in [5.74, 6) is -0.106. The van der Waals surface area contributed by atoms with Crippen molar-refractivity contribution in [2.45, 2.75) is 13.3 Å². The number of anilines is 1. The SMILES string of the molecule is CCc1c(N)nnn1-c1cc(Cl)ccc1F. The van der Waals surface area contributed by atoms with Gasteiger partial charge in [0.1, 0.15) is 11.5 Å². The van der Waals surface area contributed by atoms with Gasteiger partial charge in [0.25, 0.3) is 0 Å². The van der Waals surface area contributed by atoms with Crippen LogP contribution >= 0.6 is 11.6 Å². The van der Waals surface area contributed by atoms with E-state index in [1.165, 1.54) is 22.9 Å². The van der Waals surface area contributed by atoms with Gasteiger partial charge in [-0.1, -0.05) is 23.7 Å². The molecule has 0 fully saturated rings. The Kier molecular flexibility index (Phi) is 2.78. The lowest BCUT2D eigenvalue weighted by atomic mass is 10.2. The van der Waals surface area contributed by atoms with E-state index in [1.54, 1.807) is 0 Å². The number of nitrogens with zero attached hydrogens (tertiary/aromatic N) is 3. The Morgan fingerprint density at radius 2 is 2.25 bits per heavy atom. The molecule has 6 heteroatoms. The molecule has 1 aromatic carbocycles. The Balaban J connectivity index is 2.62. The minimum absolute atomic E-state index is 0.258. The summed E-state index contributed by atoms with van der Waals surface area (Å²) in [6, 6.07) is 4.26. The van der Waals surface area contributed by atoms with Crippen molar-refractivity contribution in [3.63, 3.8) is 0 Å². The highest BCUT2D eigenvalue weighted by Crippen LogP contribution is 2.21. The molecule has 0 saturated carbocycles. The van der Waals surface area contributed by atoms with Gasteiger partial charge in [-0.05, 0) is 24.6 Å². The van der Waals surface area contributed by atoms with Crippen LogP contribution in [0.15, 0.2) is 18.2 Å². The van der Waals surface area contributed by atoms with Gasteiger partial charge in [-0.3, -0.25) is 0 Å². The van der Waals surface area contributed by atoms with Gasteiger partial charge in [-0.25, -0.2) is 9.07 Å². The highest BCUT2D eigenvalue weighted by Gasteiger charge is 2.13. The first-order valence-electron chi connectivity index (χ1n) is 4.79. The van der Waals surface area contributed by atoms with Crippen LogP contribution < -0.4 is 5.73 Å². The van der Waals surface area contributed by atoms with Crippen molar-refractivity contribution in [2.24, 2.45) is 0 Å². The van der Waals surface area contributed by atoms with E-state index in [9.17, 15) is 4.39 Å². The Morgan fingerprint density at radius 1 is 1.50 bits per heavy atom. The summed E-state index contributed by atoms with van der Waals surface area (Å²) >= 11 is 5.81. The van der Waals surface area contributed by atoms with Gasteiger partial charge in [-0.15, -0.1) is 5.10 Å². The lowest BCUT2D eigenvalue weighted by molar-refractivity contribution is 0.603. The minimum Gasteiger partial charge on any atom is -0.381 e. The fraction of sp³-hybridized carbons (Fsp3) is 0.200. The van der Waals surface area contributed by atoms with Gasteiger partial charge >= 0.3 is 0 Å². The second-order valence-corrected chi connectivity index (χ2v) is 3.72. The number of aromatic nitrogens is 3. The molecule has 0 amide bonds. The second-order valence-electron chi connectivity index (χ2n) is 3.28. The van der Waals surface area contributed by atoms with Crippen molar-refractivity contribution in [2.75, 3.05) is 5.73 Å². The fourth-order valence-corrected chi connectivity index (χ4v) is 1.65. The zero-order chi connectivity index (χ0) is 11.7. The van der Waals surface area contributed by atoms with Crippen LogP contribution in [0.25, 0.3) is 5.69 Å². The van der Waals surface area contributed by atoms with Crippen LogP contribution in [0.5, 0.6) is 0 Å². The third kappa shape index (κ3) is 1.74. The third-order valence-corrected chi connectivity index (χ3v) is 2.50. The predicted molar refractivity (Wildman–Crippen MR) is 60.1 cm³/mol. The molecule has 84 valence electrons. The van der Waals surface area contributed by atoms with Crippen LogP contribution in [0.3, 0.4) is 0 Å². The number of hydrogen-bond donors (Lipinski definition) is 1. The van der Waals surface area contributed by atoms with E-state index >= 15 is 0 Å². The van der Waals surface area contributed by atoms with E-state index in [2.05, 4.69) is 10.3 Å². The highest BCUT2D eigenvalue weighted by molar-refractivity contribution is 6.30. The van der Waals surface area contributed by atoms with E-state index in [-0.39, 0.29) is 5.69 Å². The number of halogens is 2. The number of nitrogens with two attached hydrogens (primary N) is 1. The first-order chi connectivity index (χ1) is 7.63. The largest absolute Gasteiger partial charge is 0.381 e. The van der Waals surface area contributed by atoms with Crippen molar-refractivity contribution in [3.8, 4) is 5.69 Å². The molecular weight excluding hydrogens is 231 g/mol. The van der Waals surface area contributed by atoms with Crippen LogP contribution in [0.1, 0.15) is 12.6 Å². The molecule has 16 heavy (non-hydrogen) atoms. The molecule has 0 aliphatic rings. The highest BCUT2D eigenvalue weighted by atomic mass is 35.5.